The third-order valence-electron chi connectivity index (χ3n) is 2.80. The lowest BCUT2D eigenvalue weighted by molar-refractivity contribution is 0.319. The van der Waals surface area contributed by atoms with Gasteiger partial charge in [0.25, 0.3) is 0 Å². The molecule has 0 bridgehead atoms. The molecule has 0 unspecified atom stereocenters. The topological polar surface area (TPSA) is 35.8 Å². The van der Waals surface area contributed by atoms with Gasteiger partial charge in [-0.05, 0) is 12.1 Å². The molecule has 18 heavy (non-hydrogen) atoms. The Morgan fingerprint density at radius 2 is 1.44 bits per heavy atom. The fraction of sp³-hybridized carbons (Fsp3) is 0.133. The molecule has 0 atom stereocenters. The smallest absolute Gasteiger partial charge is 0.117 e. The molecule has 0 saturated heterocycles. The number of benzene rings is 2. The Kier molecular flexibility index (Phi) is 3.63. The lowest BCUT2D eigenvalue weighted by atomic mass is 10.0. The summed E-state index contributed by atoms with van der Waals surface area (Å²) in [7, 11) is 3.99. The monoisotopic (exact) mass is 240 g/mol. The Morgan fingerprint density at radius 3 is 1.94 bits per heavy atom. The molecular formula is C15H16N2O. The van der Waals surface area contributed by atoms with Crippen molar-refractivity contribution in [2.75, 3.05) is 19.0 Å². The van der Waals surface area contributed by atoms with Gasteiger partial charge in [-0.15, -0.1) is 0 Å². The van der Waals surface area contributed by atoms with E-state index in [2.05, 4.69) is 5.16 Å². The Labute approximate surface area is 107 Å². The lowest BCUT2D eigenvalue weighted by Crippen LogP contribution is -2.09. The number of rotatable bonds is 3. The molecule has 0 saturated carbocycles. The third-order valence-corrected chi connectivity index (χ3v) is 2.80. The van der Waals surface area contributed by atoms with Crippen LogP contribution in [0.15, 0.2) is 59.8 Å². The van der Waals surface area contributed by atoms with Crippen molar-refractivity contribution in [3.8, 4) is 0 Å². The minimum absolute atomic E-state index is 0.584. The van der Waals surface area contributed by atoms with Gasteiger partial charge in [0.2, 0.25) is 0 Å². The normalized spacial score (nSPS) is 11.3. The van der Waals surface area contributed by atoms with Crippen LogP contribution in [0.1, 0.15) is 11.1 Å². The van der Waals surface area contributed by atoms with Crippen LogP contribution in [-0.4, -0.2) is 25.0 Å². The Hall–Kier alpha value is -2.29. The molecule has 0 radical (unpaired) electrons. The van der Waals surface area contributed by atoms with Crippen molar-refractivity contribution in [2.45, 2.75) is 0 Å². The maximum absolute atomic E-state index is 9.19. The fourth-order valence-corrected chi connectivity index (χ4v) is 1.80. The van der Waals surface area contributed by atoms with Crippen LogP contribution in [-0.2, 0) is 0 Å². The summed E-state index contributed by atoms with van der Waals surface area (Å²) < 4.78 is 0. The van der Waals surface area contributed by atoms with Gasteiger partial charge >= 0.3 is 0 Å². The zero-order chi connectivity index (χ0) is 13.0. The Morgan fingerprint density at radius 1 is 0.889 bits per heavy atom. The van der Waals surface area contributed by atoms with Crippen LogP contribution in [0.2, 0.25) is 0 Å². The lowest BCUT2D eigenvalue weighted by Gasteiger charge is -2.13. The van der Waals surface area contributed by atoms with Crippen molar-refractivity contribution in [3.63, 3.8) is 0 Å². The fourth-order valence-electron chi connectivity index (χ4n) is 1.80. The maximum Gasteiger partial charge on any atom is 0.117 e. The predicted molar refractivity (Wildman–Crippen MR) is 74.6 cm³/mol. The third kappa shape index (κ3) is 2.51. The molecule has 0 spiro atoms. The highest BCUT2D eigenvalue weighted by molar-refractivity contribution is 6.12. The van der Waals surface area contributed by atoms with Gasteiger partial charge in [0, 0.05) is 30.9 Å². The first-order valence-electron chi connectivity index (χ1n) is 5.77. The molecule has 3 heteroatoms. The van der Waals surface area contributed by atoms with E-state index in [9.17, 15) is 5.21 Å². The van der Waals surface area contributed by atoms with Gasteiger partial charge < -0.3 is 10.1 Å². The van der Waals surface area contributed by atoms with Crippen LogP contribution in [0.4, 0.5) is 5.69 Å². The van der Waals surface area contributed by atoms with Gasteiger partial charge in [0.15, 0.2) is 0 Å². The van der Waals surface area contributed by atoms with Gasteiger partial charge in [-0.2, -0.15) is 0 Å². The number of nitrogens with zero attached hydrogens (tertiary/aromatic N) is 2. The van der Waals surface area contributed by atoms with Crippen LogP contribution < -0.4 is 4.90 Å². The molecule has 1 N–H and O–H groups in total. The Balaban J connectivity index is 2.35. The molecule has 92 valence electrons. The zero-order valence-electron chi connectivity index (χ0n) is 10.5. The molecule has 2 aromatic rings. The van der Waals surface area contributed by atoms with Crippen molar-refractivity contribution in [1.82, 2.24) is 0 Å². The highest BCUT2D eigenvalue weighted by Crippen LogP contribution is 2.16. The van der Waals surface area contributed by atoms with Crippen molar-refractivity contribution in [1.29, 1.82) is 0 Å². The zero-order valence-corrected chi connectivity index (χ0v) is 10.5. The summed E-state index contributed by atoms with van der Waals surface area (Å²) in [6, 6.07) is 17.6. The van der Waals surface area contributed by atoms with Crippen LogP contribution in [0, 0.1) is 0 Å². The summed E-state index contributed by atoms with van der Waals surface area (Å²) in [6.07, 6.45) is 0. The van der Waals surface area contributed by atoms with Crippen LogP contribution >= 0.6 is 0 Å². The molecule has 2 rings (SSSR count). The highest BCUT2D eigenvalue weighted by Gasteiger charge is 2.07. The molecule has 0 heterocycles. The summed E-state index contributed by atoms with van der Waals surface area (Å²) in [5.41, 5.74) is 3.50. The van der Waals surface area contributed by atoms with Crippen molar-refractivity contribution >= 4 is 11.4 Å². The quantitative estimate of drug-likeness (QED) is 0.508. The van der Waals surface area contributed by atoms with E-state index in [1.54, 1.807) is 0 Å². The second-order valence-electron chi connectivity index (χ2n) is 4.26. The van der Waals surface area contributed by atoms with Crippen molar-refractivity contribution < 1.29 is 5.21 Å². The number of hydrogen-bond donors (Lipinski definition) is 1. The van der Waals surface area contributed by atoms with Crippen LogP contribution in [0.25, 0.3) is 0 Å². The standard InChI is InChI=1S/C15H16N2O/c1-17(2)14-10-8-13(9-11-14)15(16-18)12-6-4-3-5-7-12/h3-11,18H,1-2H3. The largest absolute Gasteiger partial charge is 0.410 e. The molecule has 0 aromatic heterocycles. The molecule has 3 nitrogen and oxygen atoms in total. The van der Waals surface area contributed by atoms with Crippen molar-refractivity contribution in [2.24, 2.45) is 5.16 Å². The van der Waals surface area contributed by atoms with Gasteiger partial charge in [-0.3, -0.25) is 0 Å². The molecule has 0 aliphatic heterocycles. The molecule has 0 aliphatic carbocycles. The maximum atomic E-state index is 9.19. The van der Waals surface area contributed by atoms with E-state index in [4.69, 9.17) is 0 Å². The summed E-state index contributed by atoms with van der Waals surface area (Å²) in [5, 5.41) is 12.6. The van der Waals surface area contributed by atoms with Gasteiger partial charge in [-0.25, -0.2) is 0 Å². The predicted octanol–water partition coefficient (Wildman–Crippen LogP) is 2.98. The summed E-state index contributed by atoms with van der Waals surface area (Å²) >= 11 is 0. The van der Waals surface area contributed by atoms with Crippen LogP contribution in [0.5, 0.6) is 0 Å². The molecule has 0 aliphatic rings. The average Bonchev–Trinajstić information content (AvgIpc) is 2.41. The second-order valence-corrected chi connectivity index (χ2v) is 4.26. The molecular weight excluding hydrogens is 224 g/mol. The first-order valence-corrected chi connectivity index (χ1v) is 5.77. The summed E-state index contributed by atoms with van der Waals surface area (Å²) in [5.74, 6) is 0. The summed E-state index contributed by atoms with van der Waals surface area (Å²) in [6.45, 7) is 0. The van der Waals surface area contributed by atoms with E-state index in [0.717, 1.165) is 16.8 Å². The first-order chi connectivity index (χ1) is 8.72. The second kappa shape index (κ2) is 5.36. The Bertz CT molecular complexity index is 530. The molecule has 2 aromatic carbocycles. The number of hydrogen-bond acceptors (Lipinski definition) is 3. The first kappa shape index (κ1) is 12.2. The minimum Gasteiger partial charge on any atom is -0.410 e. The van der Waals surface area contributed by atoms with Gasteiger partial charge in [-0.1, -0.05) is 47.6 Å². The van der Waals surface area contributed by atoms with Gasteiger partial charge in [0.1, 0.15) is 5.71 Å². The van der Waals surface area contributed by atoms with Crippen LogP contribution in [0.3, 0.4) is 0 Å². The van der Waals surface area contributed by atoms with E-state index in [-0.39, 0.29) is 0 Å². The number of anilines is 1. The van der Waals surface area contributed by atoms with Gasteiger partial charge in [0.05, 0.1) is 0 Å². The summed E-state index contributed by atoms with van der Waals surface area (Å²) in [4.78, 5) is 2.03. The molecule has 0 fully saturated rings. The van der Waals surface area contributed by atoms with Crippen molar-refractivity contribution in [3.05, 3.63) is 65.7 Å². The SMILES string of the molecule is CN(C)c1ccc(C(=NO)c2ccccc2)cc1. The van der Waals surface area contributed by atoms with E-state index in [0.29, 0.717) is 5.71 Å². The minimum atomic E-state index is 0.584. The highest BCUT2D eigenvalue weighted by atomic mass is 16.4. The molecule has 0 amide bonds. The van der Waals surface area contributed by atoms with E-state index < -0.39 is 0 Å². The average molecular weight is 240 g/mol. The van der Waals surface area contributed by atoms with E-state index in [1.807, 2.05) is 73.6 Å². The van der Waals surface area contributed by atoms with E-state index >= 15 is 0 Å². The van der Waals surface area contributed by atoms with E-state index in [1.165, 1.54) is 0 Å². The number of oxime groups is 1.